The van der Waals surface area contributed by atoms with Crippen LogP contribution >= 0.6 is 0 Å². The summed E-state index contributed by atoms with van der Waals surface area (Å²) < 4.78 is 59.5. The van der Waals surface area contributed by atoms with Gasteiger partial charge in [0.1, 0.15) is 5.75 Å². The van der Waals surface area contributed by atoms with Gasteiger partial charge in [-0.15, -0.1) is 0 Å². The lowest BCUT2D eigenvalue weighted by Gasteiger charge is -2.26. The summed E-state index contributed by atoms with van der Waals surface area (Å²) >= 11 is 0. The fourth-order valence-corrected chi connectivity index (χ4v) is 5.19. The van der Waals surface area contributed by atoms with Crippen LogP contribution in [0, 0.1) is 0 Å². The van der Waals surface area contributed by atoms with Crippen LogP contribution in [0.5, 0.6) is 5.75 Å². The molecule has 1 aromatic heterocycles. The number of ketones is 1. The highest BCUT2D eigenvalue weighted by Gasteiger charge is 2.54. The van der Waals surface area contributed by atoms with E-state index in [1.807, 2.05) is 0 Å². The maximum Gasteiger partial charge on any atom is 0.248 e. The van der Waals surface area contributed by atoms with E-state index in [1.54, 1.807) is 36.5 Å². The van der Waals surface area contributed by atoms with E-state index in [4.69, 9.17) is 4.74 Å². The Balaban J connectivity index is 1.70. The number of nitrogens with one attached hydrogen (secondary N) is 1. The Bertz CT molecular complexity index is 1570. The predicted molar refractivity (Wildman–Crippen MR) is 135 cm³/mol. The van der Waals surface area contributed by atoms with Crippen LogP contribution in [0.15, 0.2) is 54.9 Å². The van der Waals surface area contributed by atoms with Crippen molar-refractivity contribution in [3.63, 3.8) is 0 Å². The average molecular weight is 528 g/mol. The number of rotatable bonds is 7. The lowest BCUT2D eigenvalue weighted by atomic mass is 9.91. The van der Waals surface area contributed by atoms with E-state index in [0.717, 1.165) is 6.26 Å². The third kappa shape index (κ3) is 4.55. The molecule has 0 spiro atoms. The van der Waals surface area contributed by atoms with Crippen molar-refractivity contribution in [3.8, 4) is 16.9 Å². The van der Waals surface area contributed by atoms with Crippen molar-refractivity contribution in [2.45, 2.75) is 31.1 Å². The average Bonchev–Trinajstić information content (AvgIpc) is 3.65. The van der Waals surface area contributed by atoms with Gasteiger partial charge in [0, 0.05) is 34.6 Å². The summed E-state index contributed by atoms with van der Waals surface area (Å²) in [5.74, 6) is -0.563. The smallest absolute Gasteiger partial charge is 0.248 e. The minimum Gasteiger partial charge on any atom is -0.496 e. The number of nitrogens with zero attached hydrogens (tertiary/aromatic N) is 2. The number of alkyl halides is 2. The summed E-state index contributed by atoms with van der Waals surface area (Å²) in [5.41, 5.74) is 1.29. The van der Waals surface area contributed by atoms with Gasteiger partial charge < -0.3 is 4.74 Å². The highest BCUT2D eigenvalue weighted by molar-refractivity contribution is 7.92. The van der Waals surface area contributed by atoms with Crippen LogP contribution in [0.2, 0.25) is 0 Å². The Morgan fingerprint density at radius 3 is 2.38 bits per heavy atom. The molecular formula is C26H23F2N3O5S. The van der Waals surface area contributed by atoms with Gasteiger partial charge in [-0.25, -0.2) is 17.2 Å². The zero-order valence-electron chi connectivity index (χ0n) is 20.0. The molecule has 0 atom stereocenters. The largest absolute Gasteiger partial charge is 0.496 e. The first kappa shape index (κ1) is 24.8. The molecule has 11 heteroatoms. The molecule has 1 saturated carbocycles. The topological polar surface area (TPSA) is 106 Å². The molecular weight excluding hydrogens is 504 g/mol. The van der Waals surface area contributed by atoms with Crippen molar-refractivity contribution in [1.29, 1.82) is 0 Å². The van der Waals surface area contributed by atoms with Crippen LogP contribution in [0.25, 0.3) is 22.0 Å². The first-order valence-electron chi connectivity index (χ1n) is 11.4. The Morgan fingerprint density at radius 1 is 1.11 bits per heavy atom. The Morgan fingerprint density at radius 2 is 1.81 bits per heavy atom. The number of amides is 1. The van der Waals surface area contributed by atoms with E-state index >= 15 is 0 Å². The molecule has 192 valence electrons. The zero-order valence-corrected chi connectivity index (χ0v) is 20.8. The van der Waals surface area contributed by atoms with Crippen LogP contribution in [0.1, 0.15) is 24.8 Å². The number of aromatic nitrogens is 1. The molecule has 2 aliphatic rings. The van der Waals surface area contributed by atoms with Gasteiger partial charge in [0.2, 0.25) is 22.4 Å². The molecule has 5 rings (SSSR count). The van der Waals surface area contributed by atoms with Crippen LogP contribution < -0.4 is 14.4 Å². The van der Waals surface area contributed by atoms with Crippen LogP contribution in [0.3, 0.4) is 0 Å². The van der Waals surface area contributed by atoms with Crippen LogP contribution in [-0.4, -0.2) is 44.9 Å². The Labute approximate surface area is 212 Å². The molecule has 0 bridgehead atoms. The van der Waals surface area contributed by atoms with Gasteiger partial charge >= 0.3 is 0 Å². The van der Waals surface area contributed by atoms with E-state index in [2.05, 4.69) is 9.71 Å². The van der Waals surface area contributed by atoms with E-state index in [0.29, 0.717) is 33.4 Å². The minimum absolute atomic E-state index is 0.255. The third-order valence-electron chi connectivity index (χ3n) is 6.63. The molecule has 0 unspecified atom stereocenters. The highest BCUT2D eigenvalue weighted by Crippen LogP contribution is 2.57. The van der Waals surface area contributed by atoms with Gasteiger partial charge in [-0.3, -0.25) is 24.2 Å². The van der Waals surface area contributed by atoms with Crippen molar-refractivity contribution in [2.24, 2.45) is 0 Å². The molecule has 1 aliphatic heterocycles. The van der Waals surface area contributed by atoms with E-state index in [1.165, 1.54) is 30.4 Å². The number of benzene rings is 2. The molecule has 1 aliphatic carbocycles. The van der Waals surface area contributed by atoms with Gasteiger partial charge in [0.15, 0.2) is 5.78 Å². The van der Waals surface area contributed by atoms with Crippen LogP contribution in [-0.2, 0) is 25.0 Å². The SMILES string of the molecule is COc1c(C2(C(F)F)CC2)cc(N2C=CC(=O)CC2=O)c2ncc(-c3ccc(NS(C)(=O)=O)cc3)cc12. The number of ether oxygens (including phenoxy) is 1. The standard InChI is InChI=1S/C26H23F2N3O5S/c1-36-24-19-11-16(15-3-5-17(6-4-15)30-37(2,34)35)14-29-23(19)21(31-10-7-18(32)12-22(31)33)13-20(24)26(8-9-26)25(27)28/h3-7,10-11,13-14,25,30H,8-9,12H2,1-2H3. The summed E-state index contributed by atoms with van der Waals surface area (Å²) in [6.45, 7) is 0. The maximum absolute atomic E-state index is 14.2. The van der Waals surface area contributed by atoms with E-state index in [-0.39, 0.29) is 36.4 Å². The minimum atomic E-state index is -3.43. The number of allylic oxidation sites excluding steroid dienone is 1. The second-order valence-electron chi connectivity index (χ2n) is 9.23. The third-order valence-corrected chi connectivity index (χ3v) is 7.24. The normalized spacial score (nSPS) is 16.9. The quantitative estimate of drug-likeness (QED) is 0.457. The predicted octanol–water partition coefficient (Wildman–Crippen LogP) is 4.40. The van der Waals surface area contributed by atoms with Gasteiger partial charge in [-0.2, -0.15) is 0 Å². The molecule has 0 radical (unpaired) electrons. The number of pyridine rings is 1. The van der Waals surface area contributed by atoms with Crippen molar-refractivity contribution in [1.82, 2.24) is 4.98 Å². The van der Waals surface area contributed by atoms with Crippen molar-refractivity contribution in [2.75, 3.05) is 23.0 Å². The molecule has 1 fully saturated rings. The lowest BCUT2D eigenvalue weighted by Crippen LogP contribution is -2.31. The first-order chi connectivity index (χ1) is 17.5. The second-order valence-corrected chi connectivity index (χ2v) is 11.0. The second kappa shape index (κ2) is 8.91. The molecule has 37 heavy (non-hydrogen) atoms. The number of hydrogen-bond acceptors (Lipinski definition) is 6. The fraction of sp³-hybridized carbons (Fsp3) is 0.269. The first-order valence-corrected chi connectivity index (χ1v) is 13.3. The summed E-state index contributed by atoms with van der Waals surface area (Å²) in [5, 5.41) is 0.441. The van der Waals surface area contributed by atoms with Gasteiger partial charge in [0.05, 0.1) is 36.4 Å². The Hall–Kier alpha value is -3.86. The van der Waals surface area contributed by atoms with Crippen molar-refractivity contribution in [3.05, 3.63) is 60.4 Å². The van der Waals surface area contributed by atoms with E-state index < -0.39 is 27.8 Å². The summed E-state index contributed by atoms with van der Waals surface area (Å²) in [6, 6.07) is 9.89. The number of anilines is 2. The number of halogens is 2. The molecule has 0 saturated heterocycles. The van der Waals surface area contributed by atoms with Gasteiger partial charge in [0.25, 0.3) is 0 Å². The number of fused-ring (bicyclic) bond motifs is 1. The molecule has 3 aromatic rings. The zero-order chi connectivity index (χ0) is 26.5. The molecule has 2 aromatic carbocycles. The van der Waals surface area contributed by atoms with E-state index in [9.17, 15) is 26.8 Å². The summed E-state index contributed by atoms with van der Waals surface area (Å²) in [4.78, 5) is 30.3. The number of hydrogen-bond donors (Lipinski definition) is 1. The maximum atomic E-state index is 14.2. The van der Waals surface area contributed by atoms with Crippen LogP contribution in [0.4, 0.5) is 20.2 Å². The van der Waals surface area contributed by atoms with Crippen molar-refractivity contribution >= 4 is 44.0 Å². The summed E-state index contributed by atoms with van der Waals surface area (Å²) in [7, 11) is -2.03. The highest BCUT2D eigenvalue weighted by atomic mass is 32.2. The fourth-order valence-electron chi connectivity index (χ4n) is 4.62. The molecule has 8 nitrogen and oxygen atoms in total. The molecule has 1 N–H and O–H groups in total. The van der Waals surface area contributed by atoms with Gasteiger partial charge in [-0.05, 0) is 48.7 Å². The number of methoxy groups -OCH3 is 1. The molecule has 1 amide bonds. The van der Waals surface area contributed by atoms with Gasteiger partial charge in [-0.1, -0.05) is 12.1 Å². The monoisotopic (exact) mass is 527 g/mol. The Kier molecular flexibility index (Phi) is 5.98. The number of carbonyl (C=O) groups is 2. The molecule has 2 heterocycles. The lowest BCUT2D eigenvalue weighted by molar-refractivity contribution is -0.124. The summed E-state index contributed by atoms with van der Waals surface area (Å²) in [6.07, 6.45) is 2.83. The van der Waals surface area contributed by atoms with Crippen molar-refractivity contribution < 1.29 is 31.5 Å². The number of carbonyl (C=O) groups excluding carboxylic acids is 2. The number of sulfonamides is 1.